The van der Waals surface area contributed by atoms with Crippen molar-refractivity contribution in [2.75, 3.05) is 18.6 Å². The van der Waals surface area contributed by atoms with Gasteiger partial charge in [-0.2, -0.15) is 0 Å². The van der Waals surface area contributed by atoms with Crippen molar-refractivity contribution in [1.82, 2.24) is 5.01 Å². The molecule has 1 aliphatic heterocycles. The third-order valence-electron chi connectivity index (χ3n) is 7.92. The fourth-order valence-electron chi connectivity index (χ4n) is 5.66. The lowest BCUT2D eigenvalue weighted by Gasteiger charge is -2.29. The zero-order valence-corrected chi connectivity index (χ0v) is 23.2. The number of carbonyl (C=O) groups excluding carboxylic acids is 2. The SMILES string of the molecule is CN(C(=O)C(c1ccc(CN2N=C(c3ccccc3)OCC2=O)cc1)C1CCCC1)c1cccc(CCC(=O)O)c1. The van der Waals surface area contributed by atoms with Crippen LogP contribution in [0, 0.1) is 5.92 Å². The Morgan fingerprint density at radius 2 is 1.73 bits per heavy atom. The van der Waals surface area contributed by atoms with E-state index in [1.807, 2.05) is 78.9 Å². The molecule has 5 rings (SSSR count). The summed E-state index contributed by atoms with van der Waals surface area (Å²) < 4.78 is 5.56. The maximum absolute atomic E-state index is 14.0. The minimum atomic E-state index is -0.842. The van der Waals surface area contributed by atoms with Crippen molar-refractivity contribution in [3.05, 3.63) is 101 Å². The molecule has 212 valence electrons. The average Bonchev–Trinajstić information content (AvgIpc) is 3.53. The summed E-state index contributed by atoms with van der Waals surface area (Å²) in [7, 11) is 1.79. The number of carboxylic acid groups (broad SMARTS) is 1. The summed E-state index contributed by atoms with van der Waals surface area (Å²) in [5, 5.41) is 14.9. The number of rotatable bonds is 10. The molecule has 1 N–H and O–H groups in total. The molecule has 8 nitrogen and oxygen atoms in total. The van der Waals surface area contributed by atoms with Gasteiger partial charge in [0.05, 0.1) is 12.5 Å². The van der Waals surface area contributed by atoms with Gasteiger partial charge in [0.2, 0.25) is 11.8 Å². The molecule has 0 saturated heterocycles. The quantitative estimate of drug-likeness (QED) is 0.364. The van der Waals surface area contributed by atoms with Crippen LogP contribution in [0.15, 0.2) is 84.0 Å². The minimum absolute atomic E-state index is 0.0282. The van der Waals surface area contributed by atoms with Crippen molar-refractivity contribution in [1.29, 1.82) is 0 Å². The number of carbonyl (C=O) groups is 3. The Balaban J connectivity index is 1.34. The lowest BCUT2D eigenvalue weighted by molar-refractivity contribution is -0.137. The van der Waals surface area contributed by atoms with Crippen LogP contribution in [0.2, 0.25) is 0 Å². The zero-order valence-electron chi connectivity index (χ0n) is 23.2. The topological polar surface area (TPSA) is 99.5 Å². The number of ether oxygens (including phenoxy) is 1. The van der Waals surface area contributed by atoms with Crippen molar-refractivity contribution in [2.24, 2.45) is 11.0 Å². The van der Waals surface area contributed by atoms with Crippen LogP contribution in [-0.4, -0.2) is 47.5 Å². The molecule has 8 heteroatoms. The number of aryl methyl sites for hydroxylation is 1. The van der Waals surface area contributed by atoms with E-state index in [0.29, 0.717) is 18.9 Å². The van der Waals surface area contributed by atoms with Crippen molar-refractivity contribution < 1.29 is 24.2 Å². The van der Waals surface area contributed by atoms with Gasteiger partial charge in [-0.1, -0.05) is 67.4 Å². The summed E-state index contributed by atoms with van der Waals surface area (Å²) in [4.78, 5) is 39.2. The smallest absolute Gasteiger partial charge is 0.303 e. The average molecular weight is 554 g/mol. The van der Waals surface area contributed by atoms with E-state index in [4.69, 9.17) is 9.84 Å². The van der Waals surface area contributed by atoms with Crippen LogP contribution >= 0.6 is 0 Å². The first-order valence-electron chi connectivity index (χ1n) is 14.1. The zero-order chi connectivity index (χ0) is 28.8. The Bertz CT molecular complexity index is 1410. The molecule has 1 aliphatic carbocycles. The molecule has 1 unspecified atom stereocenters. The van der Waals surface area contributed by atoms with Crippen LogP contribution in [0.4, 0.5) is 5.69 Å². The van der Waals surface area contributed by atoms with E-state index in [9.17, 15) is 14.4 Å². The predicted molar refractivity (Wildman–Crippen MR) is 156 cm³/mol. The molecule has 3 aromatic carbocycles. The molecular formula is C33H35N3O5. The molecule has 1 fully saturated rings. The number of carboxylic acids is 1. The number of amides is 2. The molecule has 1 saturated carbocycles. The van der Waals surface area contributed by atoms with Crippen LogP contribution in [0.5, 0.6) is 0 Å². The maximum atomic E-state index is 14.0. The van der Waals surface area contributed by atoms with Crippen LogP contribution in [0.3, 0.4) is 0 Å². The third-order valence-corrected chi connectivity index (χ3v) is 7.92. The van der Waals surface area contributed by atoms with Crippen molar-refractivity contribution in [3.63, 3.8) is 0 Å². The molecule has 0 aromatic heterocycles. The highest BCUT2D eigenvalue weighted by Crippen LogP contribution is 2.39. The van der Waals surface area contributed by atoms with E-state index in [1.54, 1.807) is 11.9 Å². The monoisotopic (exact) mass is 553 g/mol. The van der Waals surface area contributed by atoms with Crippen LogP contribution in [0.1, 0.15) is 60.3 Å². The number of hydrazone groups is 1. The summed E-state index contributed by atoms with van der Waals surface area (Å²) in [5.41, 5.74) is 4.34. The number of nitrogens with zero attached hydrogens (tertiary/aromatic N) is 3. The number of anilines is 1. The number of aliphatic carboxylic acids is 1. The molecule has 3 aromatic rings. The summed E-state index contributed by atoms with van der Waals surface area (Å²) in [5.74, 6) is -0.632. The third kappa shape index (κ3) is 6.82. The largest absolute Gasteiger partial charge is 0.481 e. The summed E-state index contributed by atoms with van der Waals surface area (Å²) in [6.45, 7) is 0.248. The first-order valence-corrected chi connectivity index (χ1v) is 14.1. The van der Waals surface area contributed by atoms with Gasteiger partial charge in [0.15, 0.2) is 6.61 Å². The van der Waals surface area contributed by atoms with Gasteiger partial charge in [-0.15, -0.1) is 5.10 Å². The lowest BCUT2D eigenvalue weighted by Crippen LogP contribution is -2.36. The number of likely N-dealkylation sites (N-methyl/N-ethyl adjacent to an activating group) is 1. The van der Waals surface area contributed by atoms with E-state index in [0.717, 1.165) is 53.6 Å². The van der Waals surface area contributed by atoms with Gasteiger partial charge in [0, 0.05) is 24.7 Å². The Morgan fingerprint density at radius 1 is 1.00 bits per heavy atom. The summed E-state index contributed by atoms with van der Waals surface area (Å²) in [6.07, 6.45) is 4.70. The summed E-state index contributed by atoms with van der Waals surface area (Å²) >= 11 is 0. The van der Waals surface area contributed by atoms with E-state index in [1.165, 1.54) is 5.01 Å². The second-order valence-electron chi connectivity index (χ2n) is 10.7. The second-order valence-corrected chi connectivity index (χ2v) is 10.7. The molecule has 2 aliphatic rings. The molecule has 1 atom stereocenters. The van der Waals surface area contributed by atoms with E-state index >= 15 is 0 Å². The van der Waals surface area contributed by atoms with Crippen molar-refractivity contribution >= 4 is 29.4 Å². The number of benzene rings is 3. The Kier molecular flexibility index (Phi) is 8.77. The van der Waals surface area contributed by atoms with Gasteiger partial charge < -0.3 is 14.7 Å². The first-order chi connectivity index (χ1) is 19.9. The van der Waals surface area contributed by atoms with E-state index in [-0.39, 0.29) is 36.7 Å². The summed E-state index contributed by atoms with van der Waals surface area (Å²) in [6, 6.07) is 25.0. The molecule has 1 heterocycles. The van der Waals surface area contributed by atoms with E-state index in [2.05, 4.69) is 5.10 Å². The van der Waals surface area contributed by atoms with Gasteiger partial charge >= 0.3 is 5.97 Å². The molecule has 0 bridgehead atoms. The minimum Gasteiger partial charge on any atom is -0.481 e. The first kappa shape index (κ1) is 28.1. The van der Waals surface area contributed by atoms with Gasteiger partial charge in [-0.05, 0) is 66.1 Å². The highest BCUT2D eigenvalue weighted by Gasteiger charge is 2.34. The van der Waals surface area contributed by atoms with Crippen molar-refractivity contribution in [2.45, 2.75) is 51.0 Å². The van der Waals surface area contributed by atoms with Crippen LogP contribution in [0.25, 0.3) is 0 Å². The van der Waals surface area contributed by atoms with Gasteiger partial charge in [-0.25, -0.2) is 5.01 Å². The Labute approximate surface area is 240 Å². The van der Waals surface area contributed by atoms with Gasteiger partial charge in [0.25, 0.3) is 5.91 Å². The van der Waals surface area contributed by atoms with Crippen LogP contribution < -0.4 is 4.90 Å². The Hall–Kier alpha value is -4.46. The van der Waals surface area contributed by atoms with Crippen molar-refractivity contribution in [3.8, 4) is 0 Å². The molecule has 41 heavy (non-hydrogen) atoms. The normalized spacial score (nSPS) is 16.2. The fraction of sp³-hybridized carbons (Fsp3) is 0.333. The molecule has 2 amide bonds. The van der Waals surface area contributed by atoms with Crippen LogP contribution in [-0.2, 0) is 32.1 Å². The maximum Gasteiger partial charge on any atom is 0.303 e. The second kappa shape index (κ2) is 12.8. The van der Waals surface area contributed by atoms with Gasteiger partial charge in [-0.3, -0.25) is 14.4 Å². The van der Waals surface area contributed by atoms with Gasteiger partial charge in [0.1, 0.15) is 0 Å². The number of hydrogen-bond acceptors (Lipinski definition) is 5. The standard InChI is InChI=1S/C33H35N3O5/c1-35(28-13-7-8-23(20-28)16-19-30(38)39)33(40)31(25-9-5-6-10-25)26-17-14-24(15-18-26)21-36-29(37)22-41-32(34-36)27-11-3-2-4-12-27/h2-4,7-8,11-15,17-18,20,25,31H,5-6,9-10,16,19,21-22H2,1H3,(H,38,39). The molecule has 0 spiro atoms. The highest BCUT2D eigenvalue weighted by molar-refractivity contribution is 5.98. The Morgan fingerprint density at radius 3 is 2.44 bits per heavy atom. The van der Waals surface area contributed by atoms with E-state index < -0.39 is 5.97 Å². The fourth-order valence-corrected chi connectivity index (χ4v) is 5.66. The molecular weight excluding hydrogens is 518 g/mol. The lowest BCUT2D eigenvalue weighted by atomic mass is 9.83. The highest BCUT2D eigenvalue weighted by atomic mass is 16.5. The number of hydrogen-bond donors (Lipinski definition) is 1. The predicted octanol–water partition coefficient (Wildman–Crippen LogP) is 5.36. The molecule has 0 radical (unpaired) electrons.